The van der Waals surface area contributed by atoms with Crippen LogP contribution in [0.3, 0.4) is 0 Å². The van der Waals surface area contributed by atoms with Gasteiger partial charge in [0, 0.05) is 18.8 Å². The average molecular weight is 330 g/mol. The van der Waals surface area contributed by atoms with Gasteiger partial charge in [-0.1, -0.05) is 17.7 Å². The SMILES string of the molecule is Cc1cc(C)c(NC(=O)C2(C(=O)NCC3CCCO3)CC2)c(C)c1. The van der Waals surface area contributed by atoms with Crippen molar-refractivity contribution in [1.29, 1.82) is 0 Å². The molecular formula is C19H26N2O3. The Hall–Kier alpha value is -1.88. The third-order valence-corrected chi connectivity index (χ3v) is 5.05. The fourth-order valence-electron chi connectivity index (χ4n) is 3.47. The van der Waals surface area contributed by atoms with Crippen molar-refractivity contribution in [3.8, 4) is 0 Å². The lowest BCUT2D eigenvalue weighted by molar-refractivity contribution is -0.134. The van der Waals surface area contributed by atoms with Gasteiger partial charge in [-0.25, -0.2) is 0 Å². The smallest absolute Gasteiger partial charge is 0.240 e. The molecule has 1 aliphatic heterocycles. The van der Waals surface area contributed by atoms with Crippen LogP contribution in [0.4, 0.5) is 5.69 Å². The number of anilines is 1. The van der Waals surface area contributed by atoms with Gasteiger partial charge in [-0.15, -0.1) is 0 Å². The molecule has 3 rings (SSSR count). The molecule has 1 atom stereocenters. The van der Waals surface area contributed by atoms with Crippen LogP contribution >= 0.6 is 0 Å². The zero-order valence-electron chi connectivity index (χ0n) is 14.7. The lowest BCUT2D eigenvalue weighted by atomic mass is 10.0. The quantitative estimate of drug-likeness (QED) is 0.816. The van der Waals surface area contributed by atoms with E-state index in [4.69, 9.17) is 4.74 Å². The molecule has 0 aromatic heterocycles. The van der Waals surface area contributed by atoms with E-state index in [9.17, 15) is 9.59 Å². The number of hydrogen-bond acceptors (Lipinski definition) is 3. The summed E-state index contributed by atoms with van der Waals surface area (Å²) in [4.78, 5) is 25.2. The molecule has 5 nitrogen and oxygen atoms in total. The number of aryl methyl sites for hydroxylation is 3. The highest BCUT2D eigenvalue weighted by atomic mass is 16.5. The fourth-order valence-corrected chi connectivity index (χ4v) is 3.47. The molecule has 2 fully saturated rings. The normalized spacial score (nSPS) is 21.4. The molecule has 0 spiro atoms. The molecule has 5 heteroatoms. The van der Waals surface area contributed by atoms with Crippen molar-refractivity contribution in [3.05, 3.63) is 28.8 Å². The van der Waals surface area contributed by atoms with Crippen molar-refractivity contribution in [2.24, 2.45) is 5.41 Å². The number of ether oxygens (including phenoxy) is 1. The van der Waals surface area contributed by atoms with Crippen molar-refractivity contribution in [2.75, 3.05) is 18.5 Å². The van der Waals surface area contributed by atoms with E-state index in [0.717, 1.165) is 36.3 Å². The lowest BCUT2D eigenvalue weighted by Gasteiger charge is -2.19. The van der Waals surface area contributed by atoms with E-state index in [1.807, 2.05) is 32.9 Å². The summed E-state index contributed by atoms with van der Waals surface area (Å²) in [6.07, 6.45) is 3.33. The van der Waals surface area contributed by atoms with Crippen molar-refractivity contribution in [3.63, 3.8) is 0 Å². The van der Waals surface area contributed by atoms with Crippen molar-refractivity contribution in [1.82, 2.24) is 5.32 Å². The Morgan fingerprint density at radius 3 is 2.38 bits per heavy atom. The van der Waals surface area contributed by atoms with Crippen LogP contribution in [0.15, 0.2) is 12.1 Å². The molecule has 2 N–H and O–H groups in total. The van der Waals surface area contributed by atoms with E-state index < -0.39 is 5.41 Å². The highest BCUT2D eigenvalue weighted by molar-refractivity contribution is 6.13. The Bertz CT molecular complexity index is 636. The maximum Gasteiger partial charge on any atom is 0.240 e. The summed E-state index contributed by atoms with van der Waals surface area (Å²) in [5.41, 5.74) is 3.14. The average Bonchev–Trinajstić information content (AvgIpc) is 3.18. The first-order valence-electron chi connectivity index (χ1n) is 8.71. The predicted molar refractivity (Wildman–Crippen MR) is 92.9 cm³/mol. The first kappa shape index (κ1) is 17.0. The van der Waals surface area contributed by atoms with E-state index in [-0.39, 0.29) is 17.9 Å². The Kier molecular flexibility index (Phi) is 4.63. The van der Waals surface area contributed by atoms with Crippen LogP contribution in [0.2, 0.25) is 0 Å². The molecule has 1 saturated heterocycles. The second-order valence-corrected chi connectivity index (χ2v) is 7.16. The molecule has 2 aliphatic rings. The maximum atomic E-state index is 12.7. The second kappa shape index (κ2) is 6.55. The molecule has 1 aromatic rings. The van der Waals surface area contributed by atoms with Gasteiger partial charge in [0.25, 0.3) is 0 Å². The Labute approximate surface area is 143 Å². The van der Waals surface area contributed by atoms with Gasteiger partial charge in [0.05, 0.1) is 6.10 Å². The minimum atomic E-state index is -0.900. The molecule has 24 heavy (non-hydrogen) atoms. The standard InChI is InChI=1S/C19H26N2O3/c1-12-9-13(2)16(14(3)10-12)21-18(23)19(6-7-19)17(22)20-11-15-5-4-8-24-15/h9-10,15H,4-8,11H2,1-3H3,(H,20,22)(H,21,23). The monoisotopic (exact) mass is 330 g/mol. The number of rotatable bonds is 5. The molecule has 0 radical (unpaired) electrons. The van der Waals surface area contributed by atoms with Gasteiger partial charge in [-0.3, -0.25) is 9.59 Å². The highest BCUT2D eigenvalue weighted by Crippen LogP contribution is 2.47. The first-order valence-corrected chi connectivity index (χ1v) is 8.71. The second-order valence-electron chi connectivity index (χ2n) is 7.16. The predicted octanol–water partition coefficient (Wildman–Crippen LogP) is 2.63. The number of hydrogen-bond donors (Lipinski definition) is 2. The maximum absolute atomic E-state index is 12.7. The molecule has 1 aromatic carbocycles. The zero-order valence-corrected chi connectivity index (χ0v) is 14.7. The van der Waals surface area contributed by atoms with Gasteiger partial charge in [-0.2, -0.15) is 0 Å². The van der Waals surface area contributed by atoms with E-state index in [1.54, 1.807) is 0 Å². The topological polar surface area (TPSA) is 67.4 Å². The summed E-state index contributed by atoms with van der Waals surface area (Å²) in [7, 11) is 0. The van der Waals surface area contributed by atoms with Crippen molar-refractivity contribution < 1.29 is 14.3 Å². The Balaban J connectivity index is 1.64. The number of amides is 2. The molecule has 1 heterocycles. The number of nitrogens with one attached hydrogen (secondary N) is 2. The van der Waals surface area contributed by atoms with Gasteiger partial charge in [0.1, 0.15) is 5.41 Å². The summed E-state index contributed by atoms with van der Waals surface area (Å²) >= 11 is 0. The molecular weight excluding hydrogens is 304 g/mol. The van der Waals surface area contributed by atoms with E-state index in [2.05, 4.69) is 10.6 Å². The largest absolute Gasteiger partial charge is 0.376 e. The van der Waals surface area contributed by atoms with Crippen LogP contribution in [0.5, 0.6) is 0 Å². The van der Waals surface area contributed by atoms with Crippen molar-refractivity contribution >= 4 is 17.5 Å². The minimum absolute atomic E-state index is 0.0920. The fraction of sp³-hybridized carbons (Fsp3) is 0.579. The van der Waals surface area contributed by atoms with Crippen LogP contribution in [-0.4, -0.2) is 31.1 Å². The first-order chi connectivity index (χ1) is 11.4. The zero-order chi connectivity index (χ0) is 17.3. The van der Waals surface area contributed by atoms with E-state index >= 15 is 0 Å². The molecule has 1 aliphatic carbocycles. The van der Waals surface area contributed by atoms with Crippen LogP contribution in [-0.2, 0) is 14.3 Å². The number of carbonyl (C=O) groups is 2. The summed E-state index contributed by atoms with van der Waals surface area (Å²) in [5.74, 6) is -0.361. The summed E-state index contributed by atoms with van der Waals surface area (Å²) in [6, 6.07) is 4.08. The summed E-state index contributed by atoms with van der Waals surface area (Å²) in [5, 5.41) is 5.89. The van der Waals surface area contributed by atoms with Gasteiger partial charge < -0.3 is 15.4 Å². The van der Waals surface area contributed by atoms with Gasteiger partial charge in [0.15, 0.2) is 0 Å². The molecule has 1 unspecified atom stereocenters. The van der Waals surface area contributed by atoms with Crippen LogP contribution in [0.25, 0.3) is 0 Å². The van der Waals surface area contributed by atoms with Crippen LogP contribution < -0.4 is 10.6 Å². The number of carbonyl (C=O) groups excluding carboxylic acids is 2. The molecule has 0 bridgehead atoms. The van der Waals surface area contributed by atoms with E-state index in [1.165, 1.54) is 5.56 Å². The van der Waals surface area contributed by atoms with E-state index in [0.29, 0.717) is 19.4 Å². The highest BCUT2D eigenvalue weighted by Gasteiger charge is 2.56. The van der Waals surface area contributed by atoms with Crippen LogP contribution in [0.1, 0.15) is 42.4 Å². The minimum Gasteiger partial charge on any atom is -0.376 e. The number of benzene rings is 1. The molecule has 1 saturated carbocycles. The summed E-state index contributed by atoms with van der Waals surface area (Å²) in [6.45, 7) is 7.25. The van der Waals surface area contributed by atoms with Gasteiger partial charge in [0.2, 0.25) is 11.8 Å². The Morgan fingerprint density at radius 2 is 1.83 bits per heavy atom. The van der Waals surface area contributed by atoms with Crippen LogP contribution in [0, 0.1) is 26.2 Å². The third-order valence-electron chi connectivity index (χ3n) is 5.05. The van der Waals surface area contributed by atoms with Gasteiger partial charge in [-0.05, 0) is 57.6 Å². The van der Waals surface area contributed by atoms with Crippen molar-refractivity contribution in [2.45, 2.75) is 52.6 Å². The molecule has 130 valence electrons. The Morgan fingerprint density at radius 1 is 1.17 bits per heavy atom. The van der Waals surface area contributed by atoms with Gasteiger partial charge >= 0.3 is 0 Å². The molecule has 2 amide bonds. The third kappa shape index (κ3) is 3.31. The summed E-state index contributed by atoms with van der Waals surface area (Å²) < 4.78 is 5.52. The lowest BCUT2D eigenvalue weighted by Crippen LogP contribution is -2.42.